The van der Waals surface area contributed by atoms with Crippen LogP contribution in [0.4, 0.5) is 0 Å². The van der Waals surface area contributed by atoms with Crippen molar-refractivity contribution in [2.45, 2.75) is 37.9 Å². The predicted octanol–water partition coefficient (Wildman–Crippen LogP) is 2.75. The molecule has 2 atom stereocenters. The predicted molar refractivity (Wildman–Crippen MR) is 107 cm³/mol. The van der Waals surface area contributed by atoms with Gasteiger partial charge >= 0.3 is 0 Å². The summed E-state index contributed by atoms with van der Waals surface area (Å²) in [5.41, 5.74) is 5.72. The average Bonchev–Trinajstić information content (AvgIpc) is 3.04. The first kappa shape index (κ1) is 20.7. The van der Waals surface area contributed by atoms with Crippen molar-refractivity contribution in [3.8, 4) is 0 Å². The highest BCUT2D eigenvalue weighted by atomic mass is 127. The monoisotopic (exact) mass is 497 g/mol. The molecule has 0 radical (unpaired) electrons. The van der Waals surface area contributed by atoms with Gasteiger partial charge in [0.2, 0.25) is 0 Å². The lowest BCUT2D eigenvalue weighted by molar-refractivity contribution is 0.0423. The van der Waals surface area contributed by atoms with Gasteiger partial charge in [0.25, 0.3) is 0 Å². The van der Waals surface area contributed by atoms with Gasteiger partial charge in [0.05, 0.1) is 12.6 Å². The highest BCUT2D eigenvalue weighted by Crippen LogP contribution is 2.26. The second-order valence-corrected chi connectivity index (χ2v) is 6.53. The van der Waals surface area contributed by atoms with Crippen molar-refractivity contribution in [1.29, 1.82) is 0 Å². The maximum atomic E-state index is 10.8. The summed E-state index contributed by atoms with van der Waals surface area (Å²) in [5, 5.41) is 13.8. The molecule has 1 heterocycles. The summed E-state index contributed by atoms with van der Waals surface area (Å²) in [6, 6.07) is 7.63. The number of aliphatic hydroxyl groups is 1. The smallest absolute Gasteiger partial charge is 0.188 e. The average molecular weight is 498 g/mol. The number of hydrogen-bond donors (Lipinski definition) is 3. The minimum atomic E-state index is -1.00. The van der Waals surface area contributed by atoms with E-state index in [1.54, 1.807) is 0 Å². The zero-order valence-corrected chi connectivity index (χ0v) is 17.2. The molecule has 5 nitrogen and oxygen atoms in total. The molecule has 2 rings (SSSR count). The molecule has 4 N–H and O–H groups in total. The van der Waals surface area contributed by atoms with Crippen LogP contribution in [-0.2, 0) is 10.3 Å². The van der Waals surface area contributed by atoms with Crippen LogP contribution in [-0.4, -0.2) is 36.9 Å². The van der Waals surface area contributed by atoms with Crippen molar-refractivity contribution in [2.24, 2.45) is 10.7 Å². The Labute approximate surface area is 163 Å². The van der Waals surface area contributed by atoms with Gasteiger partial charge in [-0.05, 0) is 37.0 Å². The molecule has 1 aliphatic rings. The summed E-state index contributed by atoms with van der Waals surface area (Å²) in [6.07, 6.45) is 2.93. The topological polar surface area (TPSA) is 79.9 Å². The summed E-state index contributed by atoms with van der Waals surface area (Å²) in [4.78, 5) is 4.29. The van der Waals surface area contributed by atoms with Crippen molar-refractivity contribution in [3.63, 3.8) is 0 Å². The van der Waals surface area contributed by atoms with Crippen molar-refractivity contribution < 1.29 is 9.84 Å². The molecule has 0 amide bonds. The fourth-order valence-corrected chi connectivity index (χ4v) is 2.73. The molecule has 2 unspecified atom stereocenters. The van der Waals surface area contributed by atoms with Crippen LogP contribution < -0.4 is 11.1 Å². The largest absolute Gasteiger partial charge is 0.383 e. The van der Waals surface area contributed by atoms with Crippen molar-refractivity contribution in [3.05, 3.63) is 34.3 Å². The Hall–Kier alpha value is -0.380. The lowest BCUT2D eigenvalue weighted by atomic mass is 9.91. The Morgan fingerprint density at radius 3 is 2.74 bits per heavy atom. The number of guanidine groups is 1. The van der Waals surface area contributed by atoms with Crippen LogP contribution in [0.5, 0.6) is 0 Å². The lowest BCUT2D eigenvalue weighted by Gasteiger charge is -2.25. The third-order valence-electron chi connectivity index (χ3n) is 4.01. The molecule has 0 aromatic heterocycles. The van der Waals surface area contributed by atoms with Crippen LogP contribution in [0, 0.1) is 0 Å². The number of hydrogen-bond acceptors (Lipinski definition) is 3. The first-order chi connectivity index (χ1) is 10.5. The van der Waals surface area contributed by atoms with E-state index in [1.807, 2.05) is 31.2 Å². The van der Waals surface area contributed by atoms with Crippen molar-refractivity contribution in [2.75, 3.05) is 19.7 Å². The summed E-state index contributed by atoms with van der Waals surface area (Å²) >= 11 is 3.40. The van der Waals surface area contributed by atoms with Gasteiger partial charge in [0.1, 0.15) is 5.60 Å². The Bertz CT molecular complexity index is 507. The Morgan fingerprint density at radius 1 is 1.48 bits per heavy atom. The van der Waals surface area contributed by atoms with E-state index in [2.05, 4.69) is 26.2 Å². The van der Waals surface area contributed by atoms with Crippen LogP contribution in [0.15, 0.2) is 33.7 Å². The fraction of sp³-hybridized carbons (Fsp3) is 0.562. The SMILES string of the molecule is CCC(O)(CN=C(N)NCC1CCCO1)c1ccc(Br)cc1.I. The molecule has 7 heteroatoms. The first-order valence-corrected chi connectivity index (χ1v) is 8.46. The second kappa shape index (κ2) is 9.80. The maximum Gasteiger partial charge on any atom is 0.188 e. The van der Waals surface area contributed by atoms with Crippen LogP contribution in [0.25, 0.3) is 0 Å². The molecule has 23 heavy (non-hydrogen) atoms. The quantitative estimate of drug-likeness (QED) is 0.321. The third kappa shape index (κ3) is 6.21. The van der Waals surface area contributed by atoms with E-state index in [9.17, 15) is 5.11 Å². The number of ether oxygens (including phenoxy) is 1. The van der Waals surface area contributed by atoms with E-state index in [0.717, 1.165) is 29.5 Å². The number of nitrogens with one attached hydrogen (secondary N) is 1. The molecule has 1 saturated heterocycles. The van der Waals surface area contributed by atoms with E-state index in [0.29, 0.717) is 18.9 Å². The molecule has 0 spiro atoms. The maximum absolute atomic E-state index is 10.8. The van der Waals surface area contributed by atoms with Crippen molar-refractivity contribution in [1.82, 2.24) is 5.32 Å². The molecule has 0 bridgehead atoms. The number of nitrogens with two attached hydrogens (primary N) is 1. The molecule has 130 valence electrons. The van der Waals surface area contributed by atoms with Gasteiger partial charge in [-0.1, -0.05) is 35.0 Å². The third-order valence-corrected chi connectivity index (χ3v) is 4.54. The van der Waals surface area contributed by atoms with Gasteiger partial charge in [0, 0.05) is 17.6 Å². The zero-order valence-electron chi connectivity index (χ0n) is 13.3. The highest BCUT2D eigenvalue weighted by molar-refractivity contribution is 14.0. The number of nitrogens with zero attached hydrogens (tertiary/aromatic N) is 1. The Balaban J connectivity index is 0.00000264. The molecule has 0 aliphatic carbocycles. The number of rotatable bonds is 6. The van der Waals surface area contributed by atoms with Crippen molar-refractivity contribution >= 4 is 45.9 Å². The summed E-state index contributed by atoms with van der Waals surface area (Å²) < 4.78 is 6.51. The van der Waals surface area contributed by atoms with Gasteiger partial charge in [-0.15, -0.1) is 24.0 Å². The molecule has 1 aromatic carbocycles. The van der Waals surface area contributed by atoms with Crippen LogP contribution in [0.1, 0.15) is 31.7 Å². The second-order valence-electron chi connectivity index (χ2n) is 5.61. The molecule has 1 fully saturated rings. The molecule has 1 aliphatic heterocycles. The standard InChI is InChI=1S/C16H24BrN3O2.HI/c1-2-16(21,12-5-7-13(17)8-6-12)11-20-15(18)19-10-14-4-3-9-22-14;/h5-8,14,21H,2-4,9-11H2,1H3,(H3,18,19,20);1H. The zero-order chi connectivity index (χ0) is 16.0. The van der Waals surface area contributed by atoms with E-state index in [1.165, 1.54) is 0 Å². The van der Waals surface area contributed by atoms with Gasteiger partial charge in [-0.25, -0.2) is 0 Å². The molecule has 0 saturated carbocycles. The van der Waals surface area contributed by atoms with Gasteiger partial charge in [-0.3, -0.25) is 4.99 Å². The summed E-state index contributed by atoms with van der Waals surface area (Å²) in [5.74, 6) is 0.347. The summed E-state index contributed by atoms with van der Waals surface area (Å²) in [6.45, 7) is 3.66. The van der Waals surface area contributed by atoms with E-state index < -0.39 is 5.60 Å². The molecular weight excluding hydrogens is 473 g/mol. The molecule has 1 aromatic rings. The van der Waals surface area contributed by atoms with Crippen LogP contribution >= 0.6 is 39.9 Å². The summed E-state index contributed by atoms with van der Waals surface area (Å²) in [7, 11) is 0. The van der Waals surface area contributed by atoms with Gasteiger partial charge < -0.3 is 20.9 Å². The minimum absolute atomic E-state index is 0. The van der Waals surface area contributed by atoms with E-state index in [-0.39, 0.29) is 36.6 Å². The van der Waals surface area contributed by atoms with Gasteiger partial charge in [-0.2, -0.15) is 0 Å². The normalized spacial score (nSPS) is 20.7. The minimum Gasteiger partial charge on any atom is -0.383 e. The van der Waals surface area contributed by atoms with E-state index in [4.69, 9.17) is 10.5 Å². The Kier molecular flexibility index (Phi) is 8.81. The number of halogens is 2. The number of benzene rings is 1. The van der Waals surface area contributed by atoms with Gasteiger partial charge in [0.15, 0.2) is 5.96 Å². The number of aliphatic imine (C=N–C) groups is 1. The lowest BCUT2D eigenvalue weighted by Crippen LogP contribution is -2.39. The van der Waals surface area contributed by atoms with E-state index >= 15 is 0 Å². The van der Waals surface area contributed by atoms with Crippen LogP contribution in [0.3, 0.4) is 0 Å². The fourth-order valence-electron chi connectivity index (χ4n) is 2.46. The Morgan fingerprint density at radius 2 is 2.17 bits per heavy atom. The van der Waals surface area contributed by atoms with Crippen LogP contribution in [0.2, 0.25) is 0 Å². The molecular formula is C16H25BrIN3O2. The first-order valence-electron chi connectivity index (χ1n) is 7.67. The highest BCUT2D eigenvalue weighted by Gasteiger charge is 2.27.